The summed E-state index contributed by atoms with van der Waals surface area (Å²) >= 11 is 0. The molecule has 2 N–H and O–H groups in total. The molecule has 0 aromatic carbocycles. The van der Waals surface area contributed by atoms with Crippen LogP contribution in [0.5, 0.6) is 0 Å². The molecule has 0 bridgehead atoms. The van der Waals surface area contributed by atoms with Crippen LogP contribution in [0.3, 0.4) is 0 Å². The highest BCUT2D eigenvalue weighted by molar-refractivity contribution is 5.20. The van der Waals surface area contributed by atoms with Crippen molar-refractivity contribution >= 4 is 0 Å². The predicted molar refractivity (Wildman–Crippen MR) is 30.7 cm³/mol. The Labute approximate surface area is 47.8 Å². The molecule has 0 aliphatic heterocycles. The van der Waals surface area contributed by atoms with Crippen LogP contribution in [-0.4, -0.2) is 10.2 Å². The SMILES string of the molecule is OC1=CCCC=C1O. The maximum atomic E-state index is 8.72. The van der Waals surface area contributed by atoms with E-state index >= 15 is 0 Å². The van der Waals surface area contributed by atoms with Gasteiger partial charge in [-0.05, 0) is 25.0 Å². The van der Waals surface area contributed by atoms with E-state index in [0.29, 0.717) is 0 Å². The molecule has 0 fully saturated rings. The van der Waals surface area contributed by atoms with E-state index in [1.807, 2.05) is 0 Å². The van der Waals surface area contributed by atoms with Gasteiger partial charge in [0.1, 0.15) is 0 Å². The summed E-state index contributed by atoms with van der Waals surface area (Å²) in [5, 5.41) is 17.4. The van der Waals surface area contributed by atoms with Gasteiger partial charge in [0, 0.05) is 0 Å². The highest BCUT2D eigenvalue weighted by Crippen LogP contribution is 2.12. The Bertz CT molecular complexity index is 127. The first kappa shape index (κ1) is 5.22. The monoisotopic (exact) mass is 112 g/mol. The lowest BCUT2D eigenvalue weighted by Gasteiger charge is -2.02. The molecule has 2 heteroatoms. The number of hydrogen-bond donors (Lipinski definition) is 2. The van der Waals surface area contributed by atoms with Crippen molar-refractivity contribution in [3.8, 4) is 0 Å². The van der Waals surface area contributed by atoms with Crippen molar-refractivity contribution in [2.24, 2.45) is 0 Å². The minimum Gasteiger partial charge on any atom is -0.504 e. The molecule has 1 rings (SSSR count). The molecule has 0 heterocycles. The standard InChI is InChI=1S/C6H8O2/c7-5-3-1-2-4-6(5)8/h3-4,7-8H,1-2H2. The third-order valence-corrected chi connectivity index (χ3v) is 1.10. The molecular weight excluding hydrogens is 104 g/mol. The maximum absolute atomic E-state index is 8.72. The Hall–Kier alpha value is -0.920. The number of aliphatic hydroxyl groups is 2. The van der Waals surface area contributed by atoms with Gasteiger partial charge in [-0.25, -0.2) is 0 Å². The molecule has 0 spiro atoms. The molecule has 0 aromatic heterocycles. The van der Waals surface area contributed by atoms with Crippen LogP contribution in [0.4, 0.5) is 0 Å². The molecule has 1 aliphatic rings. The van der Waals surface area contributed by atoms with Gasteiger partial charge in [0.25, 0.3) is 0 Å². The zero-order chi connectivity index (χ0) is 5.98. The van der Waals surface area contributed by atoms with Crippen molar-refractivity contribution in [3.05, 3.63) is 23.7 Å². The Kier molecular flexibility index (Phi) is 1.24. The minimum absolute atomic E-state index is 0.0104. The summed E-state index contributed by atoms with van der Waals surface area (Å²) in [5.41, 5.74) is 0. The fourth-order valence-electron chi connectivity index (χ4n) is 0.649. The van der Waals surface area contributed by atoms with Crippen LogP contribution < -0.4 is 0 Å². The van der Waals surface area contributed by atoms with E-state index in [4.69, 9.17) is 10.2 Å². The molecule has 8 heavy (non-hydrogen) atoms. The van der Waals surface area contributed by atoms with Gasteiger partial charge in [-0.2, -0.15) is 0 Å². The topological polar surface area (TPSA) is 40.5 Å². The molecule has 0 saturated heterocycles. The van der Waals surface area contributed by atoms with Crippen LogP contribution in [0.1, 0.15) is 12.8 Å². The highest BCUT2D eigenvalue weighted by atomic mass is 16.3. The lowest BCUT2D eigenvalue weighted by molar-refractivity contribution is 0.319. The fourth-order valence-corrected chi connectivity index (χ4v) is 0.649. The van der Waals surface area contributed by atoms with Crippen LogP contribution in [0.25, 0.3) is 0 Å². The number of rotatable bonds is 0. The molecular formula is C6H8O2. The second-order valence-electron chi connectivity index (χ2n) is 1.76. The summed E-state index contributed by atoms with van der Waals surface area (Å²) < 4.78 is 0. The first-order valence-corrected chi connectivity index (χ1v) is 2.59. The third kappa shape index (κ3) is 0.832. The molecule has 0 radical (unpaired) electrons. The average molecular weight is 112 g/mol. The molecule has 1 aliphatic carbocycles. The summed E-state index contributed by atoms with van der Waals surface area (Å²) in [7, 11) is 0. The summed E-state index contributed by atoms with van der Waals surface area (Å²) in [6, 6.07) is 0. The zero-order valence-electron chi connectivity index (χ0n) is 4.46. The highest BCUT2D eigenvalue weighted by Gasteiger charge is 2.01. The summed E-state index contributed by atoms with van der Waals surface area (Å²) in [6.07, 6.45) is 4.87. The van der Waals surface area contributed by atoms with Crippen molar-refractivity contribution < 1.29 is 10.2 Å². The van der Waals surface area contributed by atoms with Crippen molar-refractivity contribution in [2.75, 3.05) is 0 Å². The largest absolute Gasteiger partial charge is 0.504 e. The molecule has 0 saturated carbocycles. The Balaban J connectivity index is 2.73. The van der Waals surface area contributed by atoms with E-state index < -0.39 is 0 Å². The van der Waals surface area contributed by atoms with E-state index in [1.54, 1.807) is 12.2 Å². The van der Waals surface area contributed by atoms with Crippen LogP contribution in [0, 0.1) is 0 Å². The smallest absolute Gasteiger partial charge is 0.152 e. The van der Waals surface area contributed by atoms with Gasteiger partial charge in [0.15, 0.2) is 11.5 Å². The van der Waals surface area contributed by atoms with E-state index in [-0.39, 0.29) is 11.5 Å². The van der Waals surface area contributed by atoms with Gasteiger partial charge >= 0.3 is 0 Å². The Morgan fingerprint density at radius 2 is 1.38 bits per heavy atom. The van der Waals surface area contributed by atoms with Crippen molar-refractivity contribution in [3.63, 3.8) is 0 Å². The minimum atomic E-state index is 0.0104. The fraction of sp³-hybridized carbons (Fsp3) is 0.333. The lowest BCUT2D eigenvalue weighted by atomic mass is 10.1. The zero-order valence-corrected chi connectivity index (χ0v) is 4.46. The molecule has 0 atom stereocenters. The maximum Gasteiger partial charge on any atom is 0.152 e. The summed E-state index contributed by atoms with van der Waals surface area (Å²) in [4.78, 5) is 0. The van der Waals surface area contributed by atoms with Crippen LogP contribution in [-0.2, 0) is 0 Å². The number of hydrogen-bond acceptors (Lipinski definition) is 2. The number of aliphatic hydroxyl groups excluding tert-OH is 2. The van der Waals surface area contributed by atoms with Gasteiger partial charge in [-0.3, -0.25) is 0 Å². The molecule has 0 amide bonds. The molecule has 0 unspecified atom stereocenters. The van der Waals surface area contributed by atoms with Crippen LogP contribution in [0.15, 0.2) is 23.7 Å². The first-order chi connectivity index (χ1) is 3.80. The quantitative estimate of drug-likeness (QED) is 0.500. The Morgan fingerprint density at radius 1 is 1.00 bits per heavy atom. The normalized spacial score (nSPS) is 19.5. The summed E-state index contributed by atoms with van der Waals surface area (Å²) in [5.74, 6) is 0.0208. The molecule has 0 aromatic rings. The van der Waals surface area contributed by atoms with Crippen LogP contribution in [0.2, 0.25) is 0 Å². The van der Waals surface area contributed by atoms with Crippen molar-refractivity contribution in [1.29, 1.82) is 0 Å². The van der Waals surface area contributed by atoms with Gasteiger partial charge in [-0.1, -0.05) is 0 Å². The second-order valence-corrected chi connectivity index (χ2v) is 1.76. The van der Waals surface area contributed by atoms with Gasteiger partial charge in [0.2, 0.25) is 0 Å². The van der Waals surface area contributed by atoms with E-state index in [9.17, 15) is 0 Å². The van der Waals surface area contributed by atoms with E-state index in [0.717, 1.165) is 12.8 Å². The molecule has 44 valence electrons. The van der Waals surface area contributed by atoms with Gasteiger partial charge in [-0.15, -0.1) is 0 Å². The van der Waals surface area contributed by atoms with Gasteiger partial charge in [0.05, 0.1) is 0 Å². The Morgan fingerprint density at radius 3 is 1.62 bits per heavy atom. The summed E-state index contributed by atoms with van der Waals surface area (Å²) in [6.45, 7) is 0. The predicted octanol–water partition coefficient (Wildman–Crippen LogP) is 1.66. The van der Waals surface area contributed by atoms with Gasteiger partial charge < -0.3 is 10.2 Å². The average Bonchev–Trinajstić information content (AvgIpc) is 1.77. The third-order valence-electron chi connectivity index (χ3n) is 1.10. The lowest BCUT2D eigenvalue weighted by Crippen LogP contribution is -1.91. The van der Waals surface area contributed by atoms with Crippen molar-refractivity contribution in [2.45, 2.75) is 12.8 Å². The van der Waals surface area contributed by atoms with Crippen LogP contribution >= 0.6 is 0 Å². The van der Waals surface area contributed by atoms with E-state index in [1.165, 1.54) is 0 Å². The molecule has 2 nitrogen and oxygen atoms in total. The van der Waals surface area contributed by atoms with E-state index in [2.05, 4.69) is 0 Å². The first-order valence-electron chi connectivity index (χ1n) is 2.59. The second kappa shape index (κ2) is 1.90. The van der Waals surface area contributed by atoms with Crippen molar-refractivity contribution in [1.82, 2.24) is 0 Å². The number of allylic oxidation sites excluding steroid dienone is 2.